The second kappa shape index (κ2) is 6.14. The summed E-state index contributed by atoms with van der Waals surface area (Å²) in [6, 6.07) is 0.256. The van der Waals surface area contributed by atoms with E-state index in [1.807, 2.05) is 11.8 Å². The molecule has 8 heteroatoms. The SMILES string of the molecule is COC(=O)C(CCC[C@@H]1SC[C@@H]2NC(=O)N[C@@H]21)=NO. The smallest absolute Gasteiger partial charge is 0.355 e. The number of carbonyl (C=O) groups excluding carboxylic acids is 2. The lowest BCUT2D eigenvalue weighted by Crippen LogP contribution is -2.36. The molecule has 2 aliphatic heterocycles. The van der Waals surface area contributed by atoms with E-state index in [1.54, 1.807) is 0 Å². The minimum atomic E-state index is -0.602. The fourth-order valence-corrected chi connectivity index (χ4v) is 3.97. The molecule has 7 nitrogen and oxygen atoms in total. The van der Waals surface area contributed by atoms with Crippen LogP contribution in [-0.2, 0) is 9.53 Å². The molecule has 0 spiro atoms. The predicted molar refractivity (Wildman–Crippen MR) is 70.6 cm³/mol. The largest absolute Gasteiger partial charge is 0.464 e. The molecule has 0 bridgehead atoms. The average molecular weight is 287 g/mol. The molecule has 2 rings (SSSR count). The van der Waals surface area contributed by atoms with E-state index in [0.29, 0.717) is 18.1 Å². The van der Waals surface area contributed by atoms with Crippen molar-refractivity contribution in [3.8, 4) is 0 Å². The Morgan fingerprint density at radius 1 is 1.58 bits per heavy atom. The lowest BCUT2D eigenvalue weighted by atomic mass is 10.0. The zero-order valence-corrected chi connectivity index (χ0v) is 11.4. The van der Waals surface area contributed by atoms with Crippen LogP contribution in [-0.4, -0.2) is 53.1 Å². The Hall–Kier alpha value is -1.44. The van der Waals surface area contributed by atoms with Crippen molar-refractivity contribution < 1.29 is 19.5 Å². The normalized spacial score (nSPS) is 29.6. The van der Waals surface area contributed by atoms with Crippen LogP contribution in [0.1, 0.15) is 19.3 Å². The fraction of sp³-hybridized carbons (Fsp3) is 0.727. The van der Waals surface area contributed by atoms with E-state index in [-0.39, 0.29) is 23.8 Å². The monoisotopic (exact) mass is 287 g/mol. The maximum Gasteiger partial charge on any atom is 0.355 e. The highest BCUT2D eigenvalue weighted by atomic mass is 32.2. The molecule has 2 amide bonds. The number of carbonyl (C=O) groups is 2. The van der Waals surface area contributed by atoms with E-state index < -0.39 is 5.97 Å². The quantitative estimate of drug-likeness (QED) is 0.222. The lowest BCUT2D eigenvalue weighted by molar-refractivity contribution is -0.133. The zero-order chi connectivity index (χ0) is 13.8. The van der Waals surface area contributed by atoms with Crippen LogP contribution in [0.2, 0.25) is 0 Å². The first-order valence-electron chi connectivity index (χ1n) is 6.13. The number of nitrogens with one attached hydrogen (secondary N) is 2. The molecule has 3 atom stereocenters. The molecular formula is C11H17N3O4S. The van der Waals surface area contributed by atoms with Gasteiger partial charge in [-0.15, -0.1) is 0 Å². The maximum atomic E-state index is 11.2. The topological polar surface area (TPSA) is 100 Å². The fourth-order valence-electron chi connectivity index (χ4n) is 2.42. The van der Waals surface area contributed by atoms with Crippen molar-refractivity contribution in [1.82, 2.24) is 10.6 Å². The number of fused-ring (bicyclic) bond motifs is 1. The van der Waals surface area contributed by atoms with E-state index in [9.17, 15) is 9.59 Å². The summed E-state index contributed by atoms with van der Waals surface area (Å²) in [7, 11) is 1.25. The van der Waals surface area contributed by atoms with Crippen LogP contribution in [0.3, 0.4) is 0 Å². The molecule has 0 aliphatic carbocycles. The molecule has 19 heavy (non-hydrogen) atoms. The third-order valence-corrected chi connectivity index (χ3v) is 4.89. The number of rotatable bonds is 5. The molecule has 0 aromatic heterocycles. The van der Waals surface area contributed by atoms with Crippen LogP contribution in [0.25, 0.3) is 0 Å². The van der Waals surface area contributed by atoms with Crippen LogP contribution >= 0.6 is 11.8 Å². The van der Waals surface area contributed by atoms with Gasteiger partial charge in [0.25, 0.3) is 0 Å². The second-order valence-corrected chi connectivity index (χ2v) is 5.82. The van der Waals surface area contributed by atoms with Gasteiger partial charge in [0.05, 0.1) is 19.2 Å². The van der Waals surface area contributed by atoms with Gasteiger partial charge in [-0.25, -0.2) is 9.59 Å². The first-order chi connectivity index (χ1) is 9.15. The highest BCUT2D eigenvalue weighted by Gasteiger charge is 2.42. The Kier molecular flexibility index (Phi) is 4.52. The number of hydrogen-bond acceptors (Lipinski definition) is 6. The maximum absolute atomic E-state index is 11.2. The van der Waals surface area contributed by atoms with Crippen molar-refractivity contribution in [2.75, 3.05) is 12.9 Å². The Bertz CT molecular complexity index is 401. The molecule has 2 heterocycles. The summed E-state index contributed by atoms with van der Waals surface area (Å²) in [6.07, 6.45) is 1.94. The zero-order valence-electron chi connectivity index (χ0n) is 10.6. The molecule has 3 N–H and O–H groups in total. The summed E-state index contributed by atoms with van der Waals surface area (Å²) in [5, 5.41) is 17.8. The molecule has 2 aliphatic rings. The van der Waals surface area contributed by atoms with Gasteiger partial charge in [-0.3, -0.25) is 0 Å². The van der Waals surface area contributed by atoms with Crippen molar-refractivity contribution in [2.45, 2.75) is 36.6 Å². The van der Waals surface area contributed by atoms with Gasteiger partial charge in [0.15, 0.2) is 5.71 Å². The van der Waals surface area contributed by atoms with Crippen molar-refractivity contribution in [3.05, 3.63) is 0 Å². The summed E-state index contributed by atoms with van der Waals surface area (Å²) in [4.78, 5) is 22.4. The first-order valence-corrected chi connectivity index (χ1v) is 7.18. The van der Waals surface area contributed by atoms with Crippen molar-refractivity contribution in [2.24, 2.45) is 5.16 Å². The van der Waals surface area contributed by atoms with Gasteiger partial charge in [0, 0.05) is 17.4 Å². The highest BCUT2D eigenvalue weighted by molar-refractivity contribution is 8.00. The number of methoxy groups -OCH3 is 1. The number of urea groups is 1. The molecule has 106 valence electrons. The van der Waals surface area contributed by atoms with E-state index in [4.69, 9.17) is 5.21 Å². The van der Waals surface area contributed by atoms with Crippen LogP contribution in [0, 0.1) is 0 Å². The van der Waals surface area contributed by atoms with Gasteiger partial charge in [-0.05, 0) is 12.8 Å². The number of thioether (sulfide) groups is 1. The second-order valence-electron chi connectivity index (χ2n) is 4.55. The third kappa shape index (κ3) is 3.12. The lowest BCUT2D eigenvalue weighted by Gasteiger charge is -2.16. The van der Waals surface area contributed by atoms with Crippen molar-refractivity contribution >= 4 is 29.5 Å². The van der Waals surface area contributed by atoms with Gasteiger partial charge < -0.3 is 20.6 Å². The van der Waals surface area contributed by atoms with Crippen LogP contribution < -0.4 is 10.6 Å². The Morgan fingerprint density at radius 2 is 2.37 bits per heavy atom. The Morgan fingerprint density at radius 3 is 3.05 bits per heavy atom. The van der Waals surface area contributed by atoms with Crippen LogP contribution in [0.15, 0.2) is 5.16 Å². The average Bonchev–Trinajstić information content (AvgIpc) is 2.94. The van der Waals surface area contributed by atoms with Crippen LogP contribution in [0.5, 0.6) is 0 Å². The summed E-state index contributed by atoms with van der Waals surface area (Å²) >= 11 is 1.81. The van der Waals surface area contributed by atoms with Crippen LogP contribution in [0.4, 0.5) is 4.79 Å². The molecular weight excluding hydrogens is 270 g/mol. The standard InChI is InChI=1S/C11H17N3O4S/c1-18-10(15)6(14-17)3-2-4-8-9-7(5-19-8)12-11(16)13-9/h7-9,17H,2-5H2,1H3,(H2,12,13,16)/t7-,8-,9-/m0/s1. The Balaban J connectivity index is 1.77. The van der Waals surface area contributed by atoms with E-state index in [2.05, 4.69) is 20.5 Å². The first kappa shape index (κ1) is 14.0. The molecule has 2 saturated heterocycles. The molecule has 0 unspecified atom stereocenters. The molecule has 0 saturated carbocycles. The minimum absolute atomic E-state index is 0.0376. The number of oxime groups is 1. The summed E-state index contributed by atoms with van der Waals surface area (Å²) < 4.78 is 4.51. The predicted octanol–water partition coefficient (Wildman–Crippen LogP) is 0.325. The summed E-state index contributed by atoms with van der Waals surface area (Å²) in [5.41, 5.74) is 0.0376. The highest BCUT2D eigenvalue weighted by Crippen LogP contribution is 2.33. The van der Waals surface area contributed by atoms with Gasteiger partial charge in [0.1, 0.15) is 0 Å². The van der Waals surface area contributed by atoms with Gasteiger partial charge in [-0.1, -0.05) is 5.16 Å². The van der Waals surface area contributed by atoms with E-state index >= 15 is 0 Å². The number of hydrogen-bond donors (Lipinski definition) is 3. The number of ether oxygens (including phenoxy) is 1. The summed E-state index contributed by atoms with van der Waals surface area (Å²) in [5.74, 6) is 0.307. The minimum Gasteiger partial charge on any atom is -0.464 e. The summed E-state index contributed by atoms with van der Waals surface area (Å²) in [6.45, 7) is 0. The third-order valence-electron chi connectivity index (χ3n) is 3.38. The Labute approximate surface area is 115 Å². The van der Waals surface area contributed by atoms with E-state index in [1.165, 1.54) is 7.11 Å². The van der Waals surface area contributed by atoms with Gasteiger partial charge in [0.2, 0.25) is 0 Å². The number of nitrogens with zero attached hydrogens (tertiary/aromatic N) is 1. The van der Waals surface area contributed by atoms with Gasteiger partial charge in [-0.2, -0.15) is 11.8 Å². The number of amides is 2. The van der Waals surface area contributed by atoms with Crippen molar-refractivity contribution in [1.29, 1.82) is 0 Å². The molecule has 2 fully saturated rings. The van der Waals surface area contributed by atoms with Crippen molar-refractivity contribution in [3.63, 3.8) is 0 Å². The molecule has 0 aromatic rings. The molecule has 0 aromatic carbocycles. The molecule has 0 radical (unpaired) electrons. The van der Waals surface area contributed by atoms with Gasteiger partial charge >= 0.3 is 12.0 Å². The number of esters is 1. The van der Waals surface area contributed by atoms with E-state index in [0.717, 1.165) is 12.2 Å².